The second kappa shape index (κ2) is 6.20. The lowest BCUT2D eigenvalue weighted by Gasteiger charge is -2.25. The van der Waals surface area contributed by atoms with Crippen LogP contribution in [0.1, 0.15) is 34.6 Å². The number of thiophene rings is 1. The van der Waals surface area contributed by atoms with Crippen molar-refractivity contribution in [2.75, 3.05) is 6.54 Å². The molecule has 0 atom stereocenters. The molecule has 2 rings (SSSR count). The van der Waals surface area contributed by atoms with Crippen molar-refractivity contribution in [2.45, 2.75) is 25.8 Å². The molecular formula is C16H20N2OS. The number of hydrogen-bond donors (Lipinski definition) is 2. The standard InChI is InChI=1S/C16H20N2OS/c1-16(2,13-6-4-3-5-7-13)11-18-9-14-8-12(10-20-14)15(17)19/h3-8,10,18H,9,11H2,1-2H3,(H2,17,19). The Bertz CT molecular complexity index is 575. The zero-order chi connectivity index (χ0) is 14.6. The molecule has 0 saturated heterocycles. The van der Waals surface area contributed by atoms with Gasteiger partial charge in [0, 0.05) is 28.8 Å². The molecule has 106 valence electrons. The molecule has 0 bridgehead atoms. The van der Waals surface area contributed by atoms with Crippen LogP contribution in [0, 0.1) is 0 Å². The first-order chi connectivity index (χ1) is 9.49. The number of nitrogens with two attached hydrogens (primary N) is 1. The molecule has 1 amide bonds. The van der Waals surface area contributed by atoms with E-state index in [2.05, 4.69) is 43.4 Å². The number of carbonyl (C=O) groups excluding carboxylic acids is 1. The molecule has 3 N–H and O–H groups in total. The highest BCUT2D eigenvalue weighted by Gasteiger charge is 2.19. The van der Waals surface area contributed by atoms with Crippen LogP contribution >= 0.6 is 11.3 Å². The van der Waals surface area contributed by atoms with E-state index in [1.807, 2.05) is 17.5 Å². The highest BCUT2D eigenvalue weighted by Crippen LogP contribution is 2.22. The minimum Gasteiger partial charge on any atom is -0.366 e. The SMILES string of the molecule is CC(C)(CNCc1cc(C(N)=O)cs1)c1ccccc1. The Morgan fingerprint density at radius 1 is 1.30 bits per heavy atom. The van der Waals surface area contributed by atoms with Gasteiger partial charge in [0.15, 0.2) is 0 Å². The van der Waals surface area contributed by atoms with Crippen molar-refractivity contribution in [2.24, 2.45) is 5.73 Å². The van der Waals surface area contributed by atoms with E-state index in [4.69, 9.17) is 5.73 Å². The van der Waals surface area contributed by atoms with Gasteiger partial charge in [0.2, 0.25) is 5.91 Å². The molecule has 4 heteroatoms. The Balaban J connectivity index is 1.90. The number of primary amides is 1. The summed E-state index contributed by atoms with van der Waals surface area (Å²) in [6.07, 6.45) is 0. The van der Waals surface area contributed by atoms with Crippen molar-refractivity contribution >= 4 is 17.2 Å². The smallest absolute Gasteiger partial charge is 0.249 e. The number of carbonyl (C=O) groups is 1. The second-order valence-electron chi connectivity index (χ2n) is 5.52. The normalized spacial score (nSPS) is 11.5. The third kappa shape index (κ3) is 3.68. The van der Waals surface area contributed by atoms with E-state index < -0.39 is 0 Å². The lowest BCUT2D eigenvalue weighted by atomic mass is 9.84. The average Bonchev–Trinajstić information content (AvgIpc) is 2.89. The first kappa shape index (κ1) is 14.8. The number of hydrogen-bond acceptors (Lipinski definition) is 3. The summed E-state index contributed by atoms with van der Waals surface area (Å²) in [5, 5.41) is 5.26. The summed E-state index contributed by atoms with van der Waals surface area (Å²) in [5.41, 5.74) is 7.23. The first-order valence-electron chi connectivity index (χ1n) is 6.62. The number of amides is 1. The van der Waals surface area contributed by atoms with Crippen LogP contribution in [-0.4, -0.2) is 12.5 Å². The van der Waals surface area contributed by atoms with Crippen LogP contribution in [0.25, 0.3) is 0 Å². The van der Waals surface area contributed by atoms with Crippen LogP contribution in [0.4, 0.5) is 0 Å². The molecular weight excluding hydrogens is 268 g/mol. The molecule has 3 nitrogen and oxygen atoms in total. The Labute approximate surface area is 123 Å². The maximum Gasteiger partial charge on any atom is 0.249 e. The van der Waals surface area contributed by atoms with Gasteiger partial charge in [0.05, 0.1) is 5.56 Å². The largest absolute Gasteiger partial charge is 0.366 e. The zero-order valence-electron chi connectivity index (χ0n) is 11.8. The van der Waals surface area contributed by atoms with Gasteiger partial charge in [-0.15, -0.1) is 11.3 Å². The van der Waals surface area contributed by atoms with Gasteiger partial charge in [-0.3, -0.25) is 4.79 Å². The molecule has 0 saturated carbocycles. The Morgan fingerprint density at radius 3 is 2.60 bits per heavy atom. The fourth-order valence-electron chi connectivity index (χ4n) is 2.09. The Kier molecular flexibility index (Phi) is 4.57. The highest BCUT2D eigenvalue weighted by molar-refractivity contribution is 7.10. The van der Waals surface area contributed by atoms with Gasteiger partial charge in [-0.25, -0.2) is 0 Å². The monoisotopic (exact) mass is 288 g/mol. The molecule has 0 unspecified atom stereocenters. The summed E-state index contributed by atoms with van der Waals surface area (Å²) in [7, 11) is 0. The molecule has 20 heavy (non-hydrogen) atoms. The van der Waals surface area contributed by atoms with Crippen molar-refractivity contribution in [1.82, 2.24) is 5.32 Å². The lowest BCUT2D eigenvalue weighted by Crippen LogP contribution is -2.32. The Hall–Kier alpha value is -1.65. The molecule has 0 aliphatic carbocycles. The Morgan fingerprint density at radius 2 is 2.00 bits per heavy atom. The minimum absolute atomic E-state index is 0.0744. The van der Waals surface area contributed by atoms with Crippen molar-refractivity contribution in [1.29, 1.82) is 0 Å². The number of rotatable bonds is 6. The van der Waals surface area contributed by atoms with E-state index in [0.717, 1.165) is 18.0 Å². The third-order valence-corrected chi connectivity index (χ3v) is 4.30. The van der Waals surface area contributed by atoms with Gasteiger partial charge in [-0.2, -0.15) is 0 Å². The fraction of sp³-hybridized carbons (Fsp3) is 0.312. The van der Waals surface area contributed by atoms with E-state index in [0.29, 0.717) is 5.56 Å². The van der Waals surface area contributed by atoms with E-state index in [1.54, 1.807) is 11.3 Å². The van der Waals surface area contributed by atoms with E-state index in [1.165, 1.54) is 5.56 Å². The van der Waals surface area contributed by atoms with Gasteiger partial charge in [0.1, 0.15) is 0 Å². The van der Waals surface area contributed by atoms with Crippen LogP contribution in [0.15, 0.2) is 41.8 Å². The van der Waals surface area contributed by atoms with E-state index >= 15 is 0 Å². The van der Waals surface area contributed by atoms with Crippen LogP contribution in [0.3, 0.4) is 0 Å². The molecule has 2 aromatic rings. The van der Waals surface area contributed by atoms with Crippen LogP contribution in [0.5, 0.6) is 0 Å². The highest BCUT2D eigenvalue weighted by atomic mass is 32.1. The fourth-order valence-corrected chi connectivity index (χ4v) is 2.94. The van der Waals surface area contributed by atoms with Crippen LogP contribution in [0.2, 0.25) is 0 Å². The topological polar surface area (TPSA) is 55.1 Å². The van der Waals surface area contributed by atoms with Crippen molar-refractivity contribution in [3.8, 4) is 0 Å². The molecule has 1 heterocycles. The van der Waals surface area contributed by atoms with Crippen LogP contribution < -0.4 is 11.1 Å². The maximum atomic E-state index is 11.0. The summed E-state index contributed by atoms with van der Waals surface area (Å²) in [4.78, 5) is 12.2. The molecule has 1 aromatic heterocycles. The van der Waals surface area contributed by atoms with E-state index in [-0.39, 0.29) is 11.3 Å². The molecule has 0 fully saturated rings. The molecule has 0 aliphatic rings. The summed E-state index contributed by atoms with van der Waals surface area (Å²) in [6.45, 7) is 6.08. The van der Waals surface area contributed by atoms with Gasteiger partial charge in [-0.1, -0.05) is 44.2 Å². The minimum atomic E-state index is -0.364. The van der Waals surface area contributed by atoms with Crippen molar-refractivity contribution in [3.05, 3.63) is 57.8 Å². The van der Waals surface area contributed by atoms with Gasteiger partial charge in [0.25, 0.3) is 0 Å². The number of nitrogens with one attached hydrogen (secondary N) is 1. The first-order valence-corrected chi connectivity index (χ1v) is 7.50. The molecule has 0 radical (unpaired) electrons. The molecule has 0 aliphatic heterocycles. The van der Waals surface area contributed by atoms with E-state index in [9.17, 15) is 4.79 Å². The summed E-state index contributed by atoms with van der Waals surface area (Å²) in [6, 6.07) is 12.3. The van der Waals surface area contributed by atoms with Crippen molar-refractivity contribution in [3.63, 3.8) is 0 Å². The maximum absolute atomic E-state index is 11.0. The molecule has 0 spiro atoms. The van der Waals surface area contributed by atoms with Crippen molar-refractivity contribution < 1.29 is 4.79 Å². The number of benzene rings is 1. The third-order valence-electron chi connectivity index (χ3n) is 3.36. The van der Waals surface area contributed by atoms with Gasteiger partial charge < -0.3 is 11.1 Å². The zero-order valence-corrected chi connectivity index (χ0v) is 12.7. The summed E-state index contributed by atoms with van der Waals surface area (Å²) in [5.74, 6) is -0.364. The molecule has 1 aromatic carbocycles. The predicted molar refractivity (Wildman–Crippen MR) is 84.0 cm³/mol. The van der Waals surface area contributed by atoms with Gasteiger partial charge in [-0.05, 0) is 11.6 Å². The van der Waals surface area contributed by atoms with Gasteiger partial charge >= 0.3 is 0 Å². The second-order valence-corrected chi connectivity index (χ2v) is 6.52. The summed E-state index contributed by atoms with van der Waals surface area (Å²) >= 11 is 1.56. The predicted octanol–water partition coefficient (Wildman–Crippen LogP) is 2.91. The lowest BCUT2D eigenvalue weighted by molar-refractivity contribution is 0.100. The quantitative estimate of drug-likeness (QED) is 0.858. The van der Waals surface area contributed by atoms with Crippen LogP contribution in [-0.2, 0) is 12.0 Å². The summed E-state index contributed by atoms with van der Waals surface area (Å²) < 4.78 is 0. The average molecular weight is 288 g/mol.